The molecule has 102 valence electrons. The lowest BCUT2D eigenvalue weighted by Gasteiger charge is -2.26. The third-order valence-corrected chi connectivity index (χ3v) is 5.74. The highest BCUT2D eigenvalue weighted by atomic mass is 79.9. The fraction of sp³-hybridized carbons (Fsp3) is 0.733. The van der Waals surface area contributed by atoms with Crippen LogP contribution in [0.2, 0.25) is 0 Å². The van der Waals surface area contributed by atoms with Gasteiger partial charge in [-0.25, -0.2) is 0 Å². The first-order valence-corrected chi connectivity index (χ1v) is 8.87. The van der Waals surface area contributed by atoms with Gasteiger partial charge in [0.1, 0.15) is 0 Å². The summed E-state index contributed by atoms with van der Waals surface area (Å²) in [4.78, 5) is 0. The Balaban J connectivity index is 2.09. The second kappa shape index (κ2) is 7.06. The monoisotopic (exact) mass is 329 g/mol. The standard InChI is InChI=1S/C15H24BrNS/c1-11(2)17-8-12-6-4-3-5-7-13(12)14-9-18-10-15(14)16/h9-13,17H,3-8H2,1-2H3. The number of halogens is 1. The fourth-order valence-electron chi connectivity index (χ4n) is 2.98. The fourth-order valence-corrected chi connectivity index (χ4v) is 4.64. The van der Waals surface area contributed by atoms with E-state index in [1.54, 1.807) is 5.56 Å². The van der Waals surface area contributed by atoms with Gasteiger partial charge in [0.05, 0.1) is 0 Å². The Bertz CT molecular complexity index is 361. The van der Waals surface area contributed by atoms with E-state index in [-0.39, 0.29) is 0 Å². The Labute approximate surface area is 123 Å². The lowest BCUT2D eigenvalue weighted by Crippen LogP contribution is -2.31. The van der Waals surface area contributed by atoms with Crippen molar-refractivity contribution < 1.29 is 0 Å². The molecule has 3 heteroatoms. The van der Waals surface area contributed by atoms with Gasteiger partial charge in [-0.2, -0.15) is 11.3 Å². The minimum Gasteiger partial charge on any atom is -0.314 e. The summed E-state index contributed by atoms with van der Waals surface area (Å²) in [7, 11) is 0. The van der Waals surface area contributed by atoms with Crippen LogP contribution in [-0.4, -0.2) is 12.6 Å². The Morgan fingerprint density at radius 3 is 2.72 bits per heavy atom. The molecule has 2 atom stereocenters. The van der Waals surface area contributed by atoms with Gasteiger partial charge in [0.25, 0.3) is 0 Å². The van der Waals surface area contributed by atoms with Crippen LogP contribution < -0.4 is 5.32 Å². The Morgan fingerprint density at radius 1 is 1.28 bits per heavy atom. The van der Waals surface area contributed by atoms with Gasteiger partial charge >= 0.3 is 0 Å². The lowest BCUT2D eigenvalue weighted by molar-refractivity contribution is 0.363. The maximum absolute atomic E-state index is 3.72. The molecule has 2 rings (SSSR count). The van der Waals surface area contributed by atoms with Crippen LogP contribution in [0.15, 0.2) is 15.2 Å². The van der Waals surface area contributed by atoms with Crippen molar-refractivity contribution in [3.05, 3.63) is 20.8 Å². The molecule has 1 N–H and O–H groups in total. The molecule has 0 aliphatic heterocycles. The minimum absolute atomic E-state index is 0.597. The molecule has 1 aromatic heterocycles. The van der Waals surface area contributed by atoms with E-state index in [0.717, 1.165) is 11.8 Å². The zero-order valence-electron chi connectivity index (χ0n) is 11.4. The SMILES string of the molecule is CC(C)NCC1CCCCCC1c1cscc1Br. The molecule has 0 amide bonds. The molecule has 1 aromatic rings. The van der Waals surface area contributed by atoms with Crippen molar-refractivity contribution in [2.75, 3.05) is 6.54 Å². The van der Waals surface area contributed by atoms with E-state index in [1.165, 1.54) is 43.1 Å². The number of thiophene rings is 1. The summed E-state index contributed by atoms with van der Waals surface area (Å²) in [6, 6.07) is 0.597. The van der Waals surface area contributed by atoms with E-state index in [2.05, 4.69) is 45.9 Å². The average molecular weight is 330 g/mol. The van der Waals surface area contributed by atoms with Crippen molar-refractivity contribution in [1.82, 2.24) is 5.32 Å². The highest BCUT2D eigenvalue weighted by Crippen LogP contribution is 2.40. The first-order chi connectivity index (χ1) is 8.68. The summed E-state index contributed by atoms with van der Waals surface area (Å²) in [5, 5.41) is 8.22. The summed E-state index contributed by atoms with van der Waals surface area (Å²) in [6.07, 6.45) is 6.96. The Hall–Kier alpha value is 0.140. The van der Waals surface area contributed by atoms with Crippen LogP contribution in [-0.2, 0) is 0 Å². The molecule has 1 saturated carbocycles. The molecule has 1 nitrogen and oxygen atoms in total. The zero-order chi connectivity index (χ0) is 13.0. The van der Waals surface area contributed by atoms with Crippen LogP contribution >= 0.6 is 27.3 Å². The molecule has 0 saturated heterocycles. The van der Waals surface area contributed by atoms with Crippen LogP contribution in [0.25, 0.3) is 0 Å². The minimum atomic E-state index is 0.597. The molecule has 2 unspecified atom stereocenters. The first kappa shape index (κ1) is 14.5. The van der Waals surface area contributed by atoms with E-state index in [9.17, 15) is 0 Å². The number of hydrogen-bond acceptors (Lipinski definition) is 2. The van der Waals surface area contributed by atoms with Gasteiger partial charge in [-0.05, 0) is 58.1 Å². The second-order valence-corrected chi connectivity index (χ2v) is 7.34. The summed E-state index contributed by atoms with van der Waals surface area (Å²) in [6.45, 7) is 5.66. The van der Waals surface area contributed by atoms with E-state index >= 15 is 0 Å². The van der Waals surface area contributed by atoms with E-state index in [1.807, 2.05) is 11.3 Å². The highest BCUT2D eigenvalue weighted by molar-refractivity contribution is 9.10. The average Bonchev–Trinajstić information content (AvgIpc) is 2.63. The normalized spacial score (nSPS) is 25.3. The number of nitrogens with one attached hydrogen (secondary N) is 1. The second-order valence-electron chi connectivity index (χ2n) is 5.74. The van der Waals surface area contributed by atoms with Gasteiger partial charge < -0.3 is 5.32 Å². The van der Waals surface area contributed by atoms with Gasteiger partial charge in [-0.3, -0.25) is 0 Å². The molecule has 0 radical (unpaired) electrons. The number of hydrogen-bond donors (Lipinski definition) is 1. The number of rotatable bonds is 4. The Kier molecular flexibility index (Phi) is 5.71. The maximum Gasteiger partial charge on any atom is 0.0317 e. The quantitative estimate of drug-likeness (QED) is 0.751. The smallest absolute Gasteiger partial charge is 0.0317 e. The predicted molar refractivity (Wildman–Crippen MR) is 84.5 cm³/mol. The first-order valence-electron chi connectivity index (χ1n) is 7.13. The van der Waals surface area contributed by atoms with Gasteiger partial charge in [0.2, 0.25) is 0 Å². The zero-order valence-corrected chi connectivity index (χ0v) is 13.8. The van der Waals surface area contributed by atoms with Crippen LogP contribution in [0, 0.1) is 5.92 Å². The summed E-state index contributed by atoms with van der Waals surface area (Å²) in [5.41, 5.74) is 1.55. The summed E-state index contributed by atoms with van der Waals surface area (Å²) < 4.78 is 1.33. The molecule has 0 aromatic carbocycles. The molecule has 1 aliphatic carbocycles. The Morgan fingerprint density at radius 2 is 2.06 bits per heavy atom. The van der Waals surface area contributed by atoms with Gasteiger partial charge in [-0.15, -0.1) is 0 Å². The third-order valence-electron chi connectivity index (χ3n) is 3.99. The molecule has 1 aliphatic rings. The van der Waals surface area contributed by atoms with Crippen molar-refractivity contribution in [3.63, 3.8) is 0 Å². The predicted octanol–water partition coefficient (Wildman–Crippen LogP) is 5.17. The molecular weight excluding hydrogens is 306 g/mol. The molecule has 0 bridgehead atoms. The van der Waals surface area contributed by atoms with Crippen molar-refractivity contribution >= 4 is 27.3 Å². The van der Waals surface area contributed by atoms with Crippen molar-refractivity contribution in [2.45, 2.75) is 57.9 Å². The summed E-state index contributed by atoms with van der Waals surface area (Å²) in [5.74, 6) is 1.56. The van der Waals surface area contributed by atoms with Crippen LogP contribution in [0.4, 0.5) is 0 Å². The maximum atomic E-state index is 3.72. The largest absolute Gasteiger partial charge is 0.314 e. The van der Waals surface area contributed by atoms with Crippen LogP contribution in [0.5, 0.6) is 0 Å². The van der Waals surface area contributed by atoms with Crippen LogP contribution in [0.3, 0.4) is 0 Å². The van der Waals surface area contributed by atoms with E-state index < -0.39 is 0 Å². The van der Waals surface area contributed by atoms with E-state index in [0.29, 0.717) is 6.04 Å². The van der Waals surface area contributed by atoms with Gasteiger partial charge in [0.15, 0.2) is 0 Å². The summed E-state index contributed by atoms with van der Waals surface area (Å²) >= 11 is 5.55. The van der Waals surface area contributed by atoms with Crippen molar-refractivity contribution in [2.24, 2.45) is 5.92 Å². The molecule has 0 spiro atoms. The van der Waals surface area contributed by atoms with Gasteiger partial charge in [0, 0.05) is 15.9 Å². The van der Waals surface area contributed by atoms with E-state index in [4.69, 9.17) is 0 Å². The van der Waals surface area contributed by atoms with Crippen molar-refractivity contribution in [1.29, 1.82) is 0 Å². The van der Waals surface area contributed by atoms with Crippen LogP contribution in [0.1, 0.15) is 57.4 Å². The molecule has 18 heavy (non-hydrogen) atoms. The van der Waals surface area contributed by atoms with Gasteiger partial charge in [-0.1, -0.05) is 33.1 Å². The lowest BCUT2D eigenvalue weighted by atomic mass is 9.83. The molecule has 1 fully saturated rings. The third kappa shape index (κ3) is 3.82. The van der Waals surface area contributed by atoms with Crippen molar-refractivity contribution in [3.8, 4) is 0 Å². The topological polar surface area (TPSA) is 12.0 Å². The molecular formula is C15H24BrNS. The highest BCUT2D eigenvalue weighted by Gasteiger charge is 2.26. The molecule has 1 heterocycles.